The summed E-state index contributed by atoms with van der Waals surface area (Å²) < 4.78 is 24.0. The largest absolute Gasteiger partial charge is 0.327 e. The van der Waals surface area contributed by atoms with Crippen LogP contribution >= 0.6 is 0 Å². The van der Waals surface area contributed by atoms with Crippen LogP contribution in [0.25, 0.3) is 0 Å². The van der Waals surface area contributed by atoms with Crippen LogP contribution in [0.15, 0.2) is 11.8 Å². The maximum atomic E-state index is 12.0. The van der Waals surface area contributed by atoms with E-state index < -0.39 is 6.55 Å². The van der Waals surface area contributed by atoms with E-state index in [9.17, 15) is 8.78 Å². The summed E-state index contributed by atoms with van der Waals surface area (Å²) in [5.41, 5.74) is 3.60. The van der Waals surface area contributed by atoms with Crippen LogP contribution in [-0.4, -0.2) is 18.1 Å². The molecule has 0 saturated carbocycles. The van der Waals surface area contributed by atoms with E-state index in [-0.39, 0.29) is 0 Å². The summed E-state index contributed by atoms with van der Waals surface area (Å²) in [7, 11) is 0. The van der Waals surface area contributed by atoms with Crippen molar-refractivity contribution in [3.8, 4) is 0 Å². The van der Waals surface area contributed by atoms with E-state index in [4.69, 9.17) is 0 Å². The molecule has 1 aliphatic rings. The van der Waals surface area contributed by atoms with Crippen molar-refractivity contribution in [3.05, 3.63) is 11.8 Å². The average Bonchev–Trinajstić information content (AvgIpc) is 2.33. The summed E-state index contributed by atoms with van der Waals surface area (Å²) in [6.07, 6.45) is 1.48. The first kappa shape index (κ1) is 8.46. The zero-order chi connectivity index (χ0) is 8.43. The Bertz CT molecular complexity index is 166. The van der Waals surface area contributed by atoms with Crippen LogP contribution in [0.3, 0.4) is 0 Å². The van der Waals surface area contributed by atoms with Crippen LogP contribution in [-0.2, 0) is 0 Å². The lowest BCUT2D eigenvalue weighted by Crippen LogP contribution is -2.33. The molecule has 0 spiro atoms. The Labute approximate surface area is 64.8 Å². The van der Waals surface area contributed by atoms with Crippen molar-refractivity contribution in [1.82, 2.24) is 10.4 Å². The molecule has 1 N–H and O–H groups in total. The zero-order valence-electron chi connectivity index (χ0n) is 6.64. The Morgan fingerprint density at radius 3 is 2.45 bits per heavy atom. The molecule has 1 rings (SSSR count). The molecule has 0 fully saturated rings. The highest BCUT2D eigenvalue weighted by molar-refractivity contribution is 5.09. The van der Waals surface area contributed by atoms with Gasteiger partial charge >= 0.3 is 6.55 Å². The minimum absolute atomic E-state index is 0.339. The van der Waals surface area contributed by atoms with Gasteiger partial charge in [-0.25, -0.2) is 5.43 Å². The Hall–Kier alpha value is -0.640. The number of nitrogens with zero attached hydrogens (tertiary/aromatic N) is 1. The number of alkyl halides is 2. The third-order valence-corrected chi connectivity index (χ3v) is 1.72. The third-order valence-electron chi connectivity index (χ3n) is 1.72. The van der Waals surface area contributed by atoms with Gasteiger partial charge in [0.25, 0.3) is 0 Å². The molecule has 0 aliphatic carbocycles. The molecular weight excluding hydrogens is 150 g/mol. The first-order chi connectivity index (χ1) is 5.11. The molecule has 0 atom stereocenters. The number of nitrogens with one attached hydrogen (secondary N) is 1. The second-order valence-electron chi connectivity index (χ2n) is 2.88. The van der Waals surface area contributed by atoms with Gasteiger partial charge in [-0.15, -0.1) is 0 Å². The maximum Gasteiger partial charge on any atom is 0.327 e. The van der Waals surface area contributed by atoms with E-state index in [2.05, 4.69) is 5.43 Å². The summed E-state index contributed by atoms with van der Waals surface area (Å²) in [5, 5.41) is 0.843. The molecule has 0 saturated heterocycles. The third kappa shape index (κ3) is 1.89. The summed E-state index contributed by atoms with van der Waals surface area (Å²) >= 11 is 0. The second kappa shape index (κ2) is 3.17. The molecule has 0 radical (unpaired) electrons. The van der Waals surface area contributed by atoms with Gasteiger partial charge in [-0.2, -0.15) is 8.78 Å². The van der Waals surface area contributed by atoms with Crippen molar-refractivity contribution in [2.45, 2.75) is 20.4 Å². The highest BCUT2D eigenvalue weighted by atomic mass is 19.3. The molecule has 2 nitrogen and oxygen atoms in total. The minimum atomic E-state index is -2.44. The molecule has 0 unspecified atom stereocenters. The van der Waals surface area contributed by atoms with Gasteiger partial charge in [-0.1, -0.05) is 13.8 Å². The van der Waals surface area contributed by atoms with E-state index >= 15 is 0 Å². The molecule has 0 aromatic rings. The van der Waals surface area contributed by atoms with E-state index in [1.165, 1.54) is 6.20 Å². The molecule has 0 amide bonds. The lowest BCUT2D eigenvalue weighted by Gasteiger charge is -2.12. The number of hydrogen-bond acceptors (Lipinski definition) is 2. The second-order valence-corrected chi connectivity index (χ2v) is 2.88. The molecule has 1 heterocycles. The van der Waals surface area contributed by atoms with Crippen LogP contribution < -0.4 is 5.43 Å². The van der Waals surface area contributed by atoms with E-state index in [1.807, 2.05) is 13.8 Å². The smallest absolute Gasteiger partial charge is 0.256 e. The average molecular weight is 162 g/mol. The van der Waals surface area contributed by atoms with Crippen LogP contribution in [0.5, 0.6) is 0 Å². The van der Waals surface area contributed by atoms with Gasteiger partial charge in [0, 0.05) is 12.7 Å². The molecule has 0 bridgehead atoms. The molecule has 11 heavy (non-hydrogen) atoms. The summed E-state index contributed by atoms with van der Waals surface area (Å²) in [4.78, 5) is 0. The molecule has 1 aliphatic heterocycles. The summed E-state index contributed by atoms with van der Waals surface area (Å²) in [6.45, 7) is 2.08. The fourth-order valence-corrected chi connectivity index (χ4v) is 0.931. The predicted octanol–water partition coefficient (Wildman–Crippen LogP) is 1.57. The lowest BCUT2D eigenvalue weighted by molar-refractivity contribution is -0.0170. The quantitative estimate of drug-likeness (QED) is 0.620. The van der Waals surface area contributed by atoms with Crippen LogP contribution in [0.2, 0.25) is 0 Å². The molecule has 4 heteroatoms. The van der Waals surface area contributed by atoms with Crippen molar-refractivity contribution in [2.24, 2.45) is 5.92 Å². The Morgan fingerprint density at radius 1 is 1.55 bits per heavy atom. The maximum absolute atomic E-state index is 12.0. The SMILES string of the molecule is CC(C)C1=CN(C(F)F)NC1. The number of halogens is 2. The molecule has 64 valence electrons. The fourth-order valence-electron chi connectivity index (χ4n) is 0.931. The first-order valence-corrected chi connectivity index (χ1v) is 3.62. The van der Waals surface area contributed by atoms with E-state index in [1.54, 1.807) is 0 Å². The van der Waals surface area contributed by atoms with Gasteiger partial charge in [-0.05, 0) is 11.5 Å². The Balaban J connectivity index is 2.54. The van der Waals surface area contributed by atoms with Gasteiger partial charge in [0.05, 0.1) is 0 Å². The zero-order valence-corrected chi connectivity index (χ0v) is 6.64. The van der Waals surface area contributed by atoms with Crippen LogP contribution in [0, 0.1) is 5.92 Å². The van der Waals surface area contributed by atoms with Crippen molar-refractivity contribution in [2.75, 3.05) is 6.54 Å². The van der Waals surface area contributed by atoms with Crippen LogP contribution in [0.1, 0.15) is 13.8 Å². The van der Waals surface area contributed by atoms with Gasteiger partial charge in [0.2, 0.25) is 0 Å². The van der Waals surface area contributed by atoms with Gasteiger partial charge in [-0.3, -0.25) is 5.01 Å². The Morgan fingerprint density at radius 2 is 2.18 bits per heavy atom. The number of rotatable bonds is 2. The molecule has 0 aromatic carbocycles. The van der Waals surface area contributed by atoms with E-state index in [0.29, 0.717) is 12.5 Å². The van der Waals surface area contributed by atoms with Gasteiger partial charge < -0.3 is 0 Å². The number of hydrogen-bond donors (Lipinski definition) is 1. The molecule has 0 aromatic heterocycles. The number of hydrazine groups is 1. The highest BCUT2D eigenvalue weighted by Crippen LogP contribution is 2.16. The summed E-state index contributed by atoms with van der Waals surface area (Å²) in [5.74, 6) is 0.339. The highest BCUT2D eigenvalue weighted by Gasteiger charge is 2.19. The topological polar surface area (TPSA) is 15.3 Å². The van der Waals surface area contributed by atoms with Gasteiger partial charge in [0.1, 0.15) is 0 Å². The van der Waals surface area contributed by atoms with Crippen molar-refractivity contribution < 1.29 is 8.78 Å². The molecular formula is C7H12F2N2. The van der Waals surface area contributed by atoms with Crippen LogP contribution in [0.4, 0.5) is 8.78 Å². The monoisotopic (exact) mass is 162 g/mol. The Kier molecular flexibility index (Phi) is 2.44. The lowest BCUT2D eigenvalue weighted by atomic mass is 10.1. The van der Waals surface area contributed by atoms with Gasteiger partial charge in [0.15, 0.2) is 0 Å². The minimum Gasteiger partial charge on any atom is -0.256 e. The van der Waals surface area contributed by atoms with Crippen molar-refractivity contribution >= 4 is 0 Å². The predicted molar refractivity (Wildman–Crippen MR) is 38.8 cm³/mol. The van der Waals surface area contributed by atoms with E-state index in [0.717, 1.165) is 10.6 Å². The summed E-state index contributed by atoms with van der Waals surface area (Å²) in [6, 6.07) is 0. The standard InChI is InChI=1S/C7H12F2N2/c1-5(2)6-3-10-11(4-6)7(8)9/h4-5,7,10H,3H2,1-2H3. The van der Waals surface area contributed by atoms with Crippen molar-refractivity contribution in [1.29, 1.82) is 0 Å². The normalized spacial score (nSPS) is 18.4. The van der Waals surface area contributed by atoms with Crippen molar-refractivity contribution in [3.63, 3.8) is 0 Å². The fraction of sp³-hybridized carbons (Fsp3) is 0.714. The first-order valence-electron chi connectivity index (χ1n) is 3.62.